The van der Waals surface area contributed by atoms with Gasteiger partial charge in [-0.05, 0) is 38.9 Å². The van der Waals surface area contributed by atoms with Gasteiger partial charge in [0.05, 0.1) is 23.5 Å². The highest BCUT2D eigenvalue weighted by atomic mass is 16.6. The van der Waals surface area contributed by atoms with Crippen LogP contribution in [0.2, 0.25) is 0 Å². The van der Waals surface area contributed by atoms with E-state index in [-0.39, 0.29) is 29.1 Å². The minimum atomic E-state index is -0.975. The molecule has 0 radical (unpaired) electrons. The number of esters is 2. The molecule has 1 unspecified atom stereocenters. The van der Waals surface area contributed by atoms with Crippen molar-refractivity contribution >= 4 is 23.5 Å². The molecular formula is C30H34N4O7. The Bertz CT molecular complexity index is 1410. The topological polar surface area (TPSA) is 140 Å². The fraction of sp³-hybridized carbons (Fsp3) is 0.300. The van der Waals surface area contributed by atoms with Crippen LogP contribution in [0.25, 0.3) is 0 Å². The maximum atomic E-state index is 13.5. The lowest BCUT2D eigenvalue weighted by molar-refractivity contribution is -0.384. The largest absolute Gasteiger partial charge is 0.466 e. The molecule has 1 heterocycles. The molecule has 0 saturated heterocycles. The summed E-state index contributed by atoms with van der Waals surface area (Å²) in [5, 5.41) is 17.3. The van der Waals surface area contributed by atoms with Crippen molar-refractivity contribution < 1.29 is 28.8 Å². The van der Waals surface area contributed by atoms with Gasteiger partial charge in [-0.25, -0.2) is 9.59 Å². The van der Waals surface area contributed by atoms with Gasteiger partial charge in [0.1, 0.15) is 6.61 Å². The van der Waals surface area contributed by atoms with Gasteiger partial charge in [-0.2, -0.15) is 0 Å². The monoisotopic (exact) mass is 562 g/mol. The maximum Gasteiger partial charge on any atom is 0.336 e. The number of rotatable bonds is 11. The van der Waals surface area contributed by atoms with E-state index in [9.17, 15) is 24.5 Å². The van der Waals surface area contributed by atoms with Crippen molar-refractivity contribution in [2.24, 2.45) is 0 Å². The lowest BCUT2D eigenvalue weighted by Crippen LogP contribution is -2.36. The number of nitrogens with zero attached hydrogens (tertiary/aromatic N) is 2. The molecule has 2 aromatic carbocycles. The summed E-state index contributed by atoms with van der Waals surface area (Å²) >= 11 is 0. The molecule has 0 bridgehead atoms. The number of benzene rings is 2. The highest BCUT2D eigenvalue weighted by Crippen LogP contribution is 2.39. The molecular weight excluding hydrogens is 528 g/mol. The van der Waals surface area contributed by atoms with Crippen molar-refractivity contribution in [3.63, 3.8) is 0 Å². The highest BCUT2D eigenvalue weighted by Gasteiger charge is 2.38. The predicted octanol–water partition coefficient (Wildman–Crippen LogP) is 3.70. The summed E-state index contributed by atoms with van der Waals surface area (Å²) in [5.41, 5.74) is 2.73. The molecule has 2 aromatic rings. The zero-order valence-corrected chi connectivity index (χ0v) is 23.7. The third kappa shape index (κ3) is 8.12. The number of non-ortho nitro benzene ring substituents is 1. The van der Waals surface area contributed by atoms with Crippen LogP contribution < -0.4 is 10.6 Å². The second-order valence-electron chi connectivity index (χ2n) is 9.65. The van der Waals surface area contributed by atoms with E-state index in [1.165, 1.54) is 32.2 Å². The first-order valence-electron chi connectivity index (χ1n) is 12.9. The molecule has 1 aliphatic rings. The summed E-state index contributed by atoms with van der Waals surface area (Å²) in [4.78, 5) is 51.7. The molecule has 0 aliphatic carbocycles. The molecule has 2 N–H and O–H groups in total. The Hall–Kier alpha value is -4.77. The lowest BCUT2D eigenvalue weighted by Gasteiger charge is -2.31. The third-order valence-electron chi connectivity index (χ3n) is 6.49. The SMILES string of the molecule is COC(=O)/C=C(\C)NC(=O)C1=C(C)NC(C)=C(C(=O)OCCN(C)Cc2ccccc2)C1c1cccc([N+](=O)[O-])c1. The number of carbonyl (C=O) groups is 3. The molecule has 0 aromatic heterocycles. The molecule has 11 nitrogen and oxygen atoms in total. The maximum absolute atomic E-state index is 13.5. The molecule has 1 atom stereocenters. The number of likely N-dealkylation sites (N-methyl/N-ethyl adjacent to an activating group) is 1. The van der Waals surface area contributed by atoms with E-state index in [0.717, 1.165) is 11.6 Å². The van der Waals surface area contributed by atoms with Crippen LogP contribution in [-0.2, 0) is 30.4 Å². The summed E-state index contributed by atoms with van der Waals surface area (Å²) in [7, 11) is 3.13. The van der Waals surface area contributed by atoms with Crippen LogP contribution in [0, 0.1) is 10.1 Å². The molecule has 1 aliphatic heterocycles. The van der Waals surface area contributed by atoms with Crippen LogP contribution in [0.15, 0.2) is 88.9 Å². The Kier molecular flexibility index (Phi) is 10.5. The zero-order valence-electron chi connectivity index (χ0n) is 23.7. The molecule has 11 heteroatoms. The first-order chi connectivity index (χ1) is 19.5. The van der Waals surface area contributed by atoms with Gasteiger partial charge in [0.25, 0.3) is 11.6 Å². The van der Waals surface area contributed by atoms with Crippen LogP contribution in [-0.4, -0.2) is 55.0 Å². The van der Waals surface area contributed by atoms with E-state index in [4.69, 9.17) is 4.74 Å². The van der Waals surface area contributed by atoms with E-state index in [2.05, 4.69) is 15.4 Å². The van der Waals surface area contributed by atoms with E-state index < -0.39 is 28.7 Å². The Morgan fingerprint density at radius 3 is 2.41 bits per heavy atom. The molecule has 216 valence electrons. The van der Waals surface area contributed by atoms with Gasteiger partial charge in [0, 0.05) is 54.0 Å². The molecule has 0 spiro atoms. The molecule has 0 fully saturated rings. The number of dihydropyridines is 1. The van der Waals surface area contributed by atoms with E-state index in [1.807, 2.05) is 42.3 Å². The van der Waals surface area contributed by atoms with Crippen molar-refractivity contribution in [1.29, 1.82) is 0 Å². The number of nitrogens with one attached hydrogen (secondary N) is 2. The number of hydrogen-bond donors (Lipinski definition) is 2. The van der Waals surface area contributed by atoms with Crippen molar-refractivity contribution in [2.75, 3.05) is 27.3 Å². The smallest absolute Gasteiger partial charge is 0.336 e. The van der Waals surface area contributed by atoms with E-state index >= 15 is 0 Å². The first-order valence-corrected chi connectivity index (χ1v) is 12.9. The van der Waals surface area contributed by atoms with E-state index in [0.29, 0.717) is 30.0 Å². The van der Waals surface area contributed by atoms with Crippen LogP contribution >= 0.6 is 0 Å². The number of amides is 1. The summed E-state index contributed by atoms with van der Waals surface area (Å²) in [6, 6.07) is 15.7. The van der Waals surface area contributed by atoms with Crippen molar-refractivity contribution in [3.05, 3.63) is 110 Å². The van der Waals surface area contributed by atoms with Gasteiger partial charge in [-0.1, -0.05) is 42.5 Å². The van der Waals surface area contributed by atoms with Gasteiger partial charge in [0.15, 0.2) is 0 Å². The summed E-state index contributed by atoms with van der Waals surface area (Å²) in [6.07, 6.45) is 1.12. The fourth-order valence-electron chi connectivity index (χ4n) is 4.58. The number of ether oxygens (including phenoxy) is 2. The Morgan fingerprint density at radius 2 is 1.76 bits per heavy atom. The van der Waals surface area contributed by atoms with Gasteiger partial charge < -0.3 is 20.1 Å². The van der Waals surface area contributed by atoms with Gasteiger partial charge in [0.2, 0.25) is 0 Å². The highest BCUT2D eigenvalue weighted by molar-refractivity contribution is 6.03. The van der Waals surface area contributed by atoms with Gasteiger partial charge >= 0.3 is 11.9 Å². The third-order valence-corrected chi connectivity index (χ3v) is 6.49. The molecule has 3 rings (SSSR count). The molecule has 1 amide bonds. The fourth-order valence-corrected chi connectivity index (χ4v) is 4.58. The average molecular weight is 563 g/mol. The number of nitro benzene ring substituents is 1. The average Bonchev–Trinajstić information content (AvgIpc) is 2.92. The number of carbonyl (C=O) groups excluding carboxylic acids is 3. The number of nitro groups is 1. The van der Waals surface area contributed by atoms with Gasteiger partial charge in [-0.3, -0.25) is 19.8 Å². The Morgan fingerprint density at radius 1 is 1.07 bits per heavy atom. The lowest BCUT2D eigenvalue weighted by atomic mass is 9.80. The Labute approximate surface area is 238 Å². The molecule has 0 saturated carbocycles. The van der Waals surface area contributed by atoms with Crippen LogP contribution in [0.5, 0.6) is 0 Å². The minimum Gasteiger partial charge on any atom is -0.466 e. The minimum absolute atomic E-state index is 0.0891. The standard InChI is InChI=1S/C30H34N4O7/c1-19(16-25(35)40-5)31-29(36)26-20(2)32-21(3)27(28(26)23-12-9-13-24(17-23)34(38)39)30(37)41-15-14-33(4)18-22-10-7-6-8-11-22/h6-13,16-17,28,32H,14-15,18H2,1-5H3,(H,31,36)/b19-16+. The number of hydrogen-bond acceptors (Lipinski definition) is 9. The van der Waals surface area contributed by atoms with Crippen LogP contribution in [0.1, 0.15) is 37.8 Å². The second-order valence-corrected chi connectivity index (χ2v) is 9.65. The van der Waals surface area contributed by atoms with Crippen LogP contribution in [0.4, 0.5) is 5.69 Å². The Balaban J connectivity index is 1.90. The van der Waals surface area contributed by atoms with Gasteiger partial charge in [-0.15, -0.1) is 0 Å². The normalized spacial score (nSPS) is 15.4. The number of methoxy groups -OCH3 is 1. The zero-order chi connectivity index (χ0) is 30.1. The summed E-state index contributed by atoms with van der Waals surface area (Å²) < 4.78 is 10.3. The van der Waals surface area contributed by atoms with Crippen molar-refractivity contribution in [2.45, 2.75) is 33.2 Å². The summed E-state index contributed by atoms with van der Waals surface area (Å²) in [5.74, 6) is -2.87. The van der Waals surface area contributed by atoms with Crippen molar-refractivity contribution in [1.82, 2.24) is 15.5 Å². The quantitative estimate of drug-likeness (QED) is 0.182. The predicted molar refractivity (Wildman–Crippen MR) is 152 cm³/mol. The second kappa shape index (κ2) is 14.0. The first kappa shape index (κ1) is 30.8. The van der Waals surface area contributed by atoms with Crippen LogP contribution in [0.3, 0.4) is 0 Å². The molecule has 41 heavy (non-hydrogen) atoms. The van der Waals surface area contributed by atoms with E-state index in [1.54, 1.807) is 19.9 Å². The van der Waals surface area contributed by atoms with Crippen molar-refractivity contribution in [3.8, 4) is 0 Å². The number of allylic oxidation sites excluding steroid dienone is 3. The summed E-state index contributed by atoms with van der Waals surface area (Å²) in [6.45, 7) is 6.09.